The Kier molecular flexibility index (Phi) is 4.19. The molecule has 3 rings (SSSR count). The summed E-state index contributed by atoms with van der Waals surface area (Å²) in [6.45, 7) is 6.32. The zero-order chi connectivity index (χ0) is 13.3. The summed E-state index contributed by atoms with van der Waals surface area (Å²) in [5, 5.41) is 3.94. The van der Waals surface area contributed by atoms with E-state index in [0.717, 1.165) is 17.9 Å². The number of hydrogen-bond donors (Lipinski definition) is 1. The maximum atomic E-state index is 3.94. The van der Waals surface area contributed by atoms with Crippen molar-refractivity contribution in [1.29, 1.82) is 0 Å². The van der Waals surface area contributed by atoms with Crippen LogP contribution in [0, 0.1) is 17.3 Å². The molecule has 110 valence electrons. The summed E-state index contributed by atoms with van der Waals surface area (Å²) in [5.74, 6) is 2.18. The SMILES string of the molecule is CN1CCC(C)(CNC2CCCC(C3CC3)C2)CC1. The Morgan fingerprint density at radius 3 is 2.47 bits per heavy atom. The predicted molar refractivity (Wildman–Crippen MR) is 81.3 cm³/mol. The van der Waals surface area contributed by atoms with Crippen molar-refractivity contribution in [2.45, 2.75) is 64.3 Å². The molecule has 0 aromatic rings. The lowest BCUT2D eigenvalue weighted by molar-refractivity contribution is 0.127. The first kappa shape index (κ1) is 13.9. The molecule has 1 aliphatic heterocycles. The molecule has 2 atom stereocenters. The summed E-state index contributed by atoms with van der Waals surface area (Å²) in [4.78, 5) is 2.48. The minimum absolute atomic E-state index is 0.555. The molecule has 2 unspecified atom stereocenters. The van der Waals surface area contributed by atoms with Crippen molar-refractivity contribution >= 4 is 0 Å². The summed E-state index contributed by atoms with van der Waals surface area (Å²) < 4.78 is 0. The van der Waals surface area contributed by atoms with E-state index in [4.69, 9.17) is 0 Å². The fourth-order valence-electron chi connectivity index (χ4n) is 4.13. The van der Waals surface area contributed by atoms with E-state index in [-0.39, 0.29) is 0 Å². The van der Waals surface area contributed by atoms with Crippen molar-refractivity contribution in [1.82, 2.24) is 10.2 Å². The second-order valence-electron chi connectivity index (χ2n) is 7.96. The second kappa shape index (κ2) is 5.73. The van der Waals surface area contributed by atoms with Gasteiger partial charge in [-0.2, -0.15) is 0 Å². The van der Waals surface area contributed by atoms with Crippen LogP contribution in [0.5, 0.6) is 0 Å². The molecule has 19 heavy (non-hydrogen) atoms. The number of nitrogens with one attached hydrogen (secondary N) is 1. The van der Waals surface area contributed by atoms with Gasteiger partial charge in [0, 0.05) is 12.6 Å². The average Bonchev–Trinajstić information content (AvgIpc) is 3.25. The minimum atomic E-state index is 0.555. The van der Waals surface area contributed by atoms with E-state index in [2.05, 4.69) is 24.2 Å². The summed E-state index contributed by atoms with van der Waals surface area (Å²) >= 11 is 0. The molecule has 0 aromatic heterocycles. The molecule has 0 amide bonds. The molecule has 1 N–H and O–H groups in total. The number of hydrogen-bond acceptors (Lipinski definition) is 2. The number of likely N-dealkylation sites (tertiary alicyclic amines) is 1. The summed E-state index contributed by atoms with van der Waals surface area (Å²) in [7, 11) is 2.26. The highest BCUT2D eigenvalue weighted by Gasteiger charge is 2.35. The molecule has 2 aliphatic carbocycles. The van der Waals surface area contributed by atoms with Crippen LogP contribution in [0.25, 0.3) is 0 Å². The van der Waals surface area contributed by atoms with Crippen molar-refractivity contribution in [3.8, 4) is 0 Å². The minimum Gasteiger partial charge on any atom is -0.313 e. The van der Waals surface area contributed by atoms with Crippen LogP contribution in [0.1, 0.15) is 58.3 Å². The van der Waals surface area contributed by atoms with Gasteiger partial charge in [-0.1, -0.05) is 19.8 Å². The molecule has 3 aliphatic rings. The molecule has 2 heteroatoms. The first-order valence-corrected chi connectivity index (χ1v) is 8.57. The van der Waals surface area contributed by atoms with Gasteiger partial charge in [-0.25, -0.2) is 0 Å². The van der Waals surface area contributed by atoms with E-state index in [0.29, 0.717) is 5.41 Å². The summed E-state index contributed by atoms with van der Waals surface area (Å²) in [5.41, 5.74) is 0.555. The lowest BCUT2D eigenvalue weighted by atomic mass is 9.79. The summed E-state index contributed by atoms with van der Waals surface area (Å²) in [6, 6.07) is 0.829. The van der Waals surface area contributed by atoms with Gasteiger partial charge in [-0.05, 0) is 75.9 Å². The fourth-order valence-corrected chi connectivity index (χ4v) is 4.13. The first-order valence-electron chi connectivity index (χ1n) is 8.57. The highest BCUT2D eigenvalue weighted by molar-refractivity contribution is 4.90. The Balaban J connectivity index is 1.43. The van der Waals surface area contributed by atoms with Crippen molar-refractivity contribution in [3.63, 3.8) is 0 Å². The molecule has 0 spiro atoms. The highest BCUT2D eigenvalue weighted by Crippen LogP contribution is 2.44. The largest absolute Gasteiger partial charge is 0.313 e. The van der Waals surface area contributed by atoms with Crippen LogP contribution < -0.4 is 5.32 Å². The van der Waals surface area contributed by atoms with E-state index in [9.17, 15) is 0 Å². The maximum Gasteiger partial charge on any atom is 0.00700 e. The van der Waals surface area contributed by atoms with Crippen molar-refractivity contribution in [3.05, 3.63) is 0 Å². The van der Waals surface area contributed by atoms with Crippen LogP contribution >= 0.6 is 0 Å². The molecule has 2 nitrogen and oxygen atoms in total. The molecule has 2 saturated carbocycles. The quantitative estimate of drug-likeness (QED) is 0.838. The number of nitrogens with zero attached hydrogens (tertiary/aromatic N) is 1. The Hall–Kier alpha value is -0.0800. The van der Waals surface area contributed by atoms with E-state index < -0.39 is 0 Å². The van der Waals surface area contributed by atoms with Crippen LogP contribution in [0.3, 0.4) is 0 Å². The zero-order valence-electron chi connectivity index (χ0n) is 13.0. The third-order valence-corrected chi connectivity index (χ3v) is 6.02. The number of rotatable bonds is 4. The molecule has 1 saturated heterocycles. The van der Waals surface area contributed by atoms with Gasteiger partial charge < -0.3 is 10.2 Å². The standard InChI is InChI=1S/C17H32N2/c1-17(8-10-19(2)11-9-17)13-18-16-5-3-4-15(12-16)14-6-7-14/h14-16,18H,3-13H2,1-2H3. The third kappa shape index (κ3) is 3.72. The first-order chi connectivity index (χ1) is 9.15. The van der Waals surface area contributed by atoms with Crippen molar-refractivity contribution in [2.75, 3.05) is 26.7 Å². The average molecular weight is 264 g/mol. The van der Waals surface area contributed by atoms with E-state index in [1.807, 2.05) is 0 Å². The summed E-state index contributed by atoms with van der Waals surface area (Å²) in [6.07, 6.45) is 11.7. The second-order valence-corrected chi connectivity index (χ2v) is 7.96. The van der Waals surface area contributed by atoms with Gasteiger partial charge in [0.25, 0.3) is 0 Å². The van der Waals surface area contributed by atoms with Gasteiger partial charge in [0.1, 0.15) is 0 Å². The molecular weight excluding hydrogens is 232 g/mol. The zero-order valence-corrected chi connectivity index (χ0v) is 13.0. The highest BCUT2D eigenvalue weighted by atomic mass is 15.1. The third-order valence-electron chi connectivity index (χ3n) is 6.02. The van der Waals surface area contributed by atoms with Gasteiger partial charge in [0.2, 0.25) is 0 Å². The smallest absolute Gasteiger partial charge is 0.00700 e. The van der Waals surface area contributed by atoms with Gasteiger partial charge in [0.15, 0.2) is 0 Å². The topological polar surface area (TPSA) is 15.3 Å². The van der Waals surface area contributed by atoms with Crippen molar-refractivity contribution in [2.24, 2.45) is 17.3 Å². The Morgan fingerprint density at radius 2 is 1.79 bits per heavy atom. The van der Waals surface area contributed by atoms with Crippen molar-refractivity contribution < 1.29 is 0 Å². The van der Waals surface area contributed by atoms with E-state index in [1.165, 1.54) is 71.0 Å². The van der Waals surface area contributed by atoms with Crippen LogP contribution in [0.4, 0.5) is 0 Å². The normalized spacial score (nSPS) is 36.3. The molecular formula is C17H32N2. The van der Waals surface area contributed by atoms with Crippen LogP contribution in [0.15, 0.2) is 0 Å². The fraction of sp³-hybridized carbons (Fsp3) is 1.00. The van der Waals surface area contributed by atoms with E-state index >= 15 is 0 Å². The van der Waals surface area contributed by atoms with Gasteiger partial charge >= 0.3 is 0 Å². The van der Waals surface area contributed by atoms with Crippen LogP contribution in [-0.2, 0) is 0 Å². The monoisotopic (exact) mass is 264 g/mol. The molecule has 3 fully saturated rings. The number of piperidine rings is 1. The predicted octanol–water partition coefficient (Wildman–Crippen LogP) is 3.28. The van der Waals surface area contributed by atoms with Gasteiger partial charge in [0.05, 0.1) is 0 Å². The Morgan fingerprint density at radius 1 is 1.05 bits per heavy atom. The van der Waals surface area contributed by atoms with Gasteiger partial charge in [-0.3, -0.25) is 0 Å². The lowest BCUT2D eigenvalue weighted by Crippen LogP contribution is -2.45. The molecule has 1 heterocycles. The van der Waals surface area contributed by atoms with E-state index in [1.54, 1.807) is 0 Å². The van der Waals surface area contributed by atoms with Crippen LogP contribution in [0.2, 0.25) is 0 Å². The maximum absolute atomic E-state index is 3.94. The van der Waals surface area contributed by atoms with Crippen LogP contribution in [-0.4, -0.2) is 37.6 Å². The molecule has 0 aromatic carbocycles. The molecule has 0 bridgehead atoms. The molecule has 0 radical (unpaired) electrons. The Bertz CT molecular complexity index is 290. The Labute approximate surface area is 119 Å². The lowest BCUT2D eigenvalue weighted by Gasteiger charge is -2.40. The van der Waals surface area contributed by atoms with Gasteiger partial charge in [-0.15, -0.1) is 0 Å².